The molecule has 3 aliphatic rings. The van der Waals surface area contributed by atoms with Crippen LogP contribution >= 0.6 is 0 Å². The maximum Gasteiger partial charge on any atom is 0.191 e. The van der Waals surface area contributed by atoms with E-state index >= 15 is 0 Å². The van der Waals surface area contributed by atoms with Crippen molar-refractivity contribution in [2.24, 2.45) is 10.9 Å². The molecule has 3 aliphatic heterocycles. The zero-order valence-electron chi connectivity index (χ0n) is 12.5. The van der Waals surface area contributed by atoms with Gasteiger partial charge in [0.15, 0.2) is 15.8 Å². The van der Waals surface area contributed by atoms with E-state index in [1.54, 1.807) is 0 Å². The molecule has 0 radical (unpaired) electrons. The first-order valence-electron chi connectivity index (χ1n) is 7.96. The molecule has 0 aromatic rings. The van der Waals surface area contributed by atoms with Gasteiger partial charge in [0, 0.05) is 13.1 Å². The van der Waals surface area contributed by atoms with Crippen LogP contribution < -0.4 is 10.6 Å². The van der Waals surface area contributed by atoms with E-state index in [0.717, 1.165) is 31.8 Å². The van der Waals surface area contributed by atoms with Crippen LogP contribution in [0.15, 0.2) is 4.99 Å². The number of sulfone groups is 1. The van der Waals surface area contributed by atoms with Gasteiger partial charge in [-0.25, -0.2) is 8.42 Å². The minimum atomic E-state index is -2.82. The van der Waals surface area contributed by atoms with E-state index in [4.69, 9.17) is 4.74 Å². The molecule has 3 saturated heterocycles. The Morgan fingerprint density at radius 1 is 1.33 bits per heavy atom. The molecule has 3 heterocycles. The van der Waals surface area contributed by atoms with E-state index in [1.807, 2.05) is 6.92 Å². The largest absolute Gasteiger partial charge is 0.373 e. The molecule has 120 valence electrons. The van der Waals surface area contributed by atoms with Gasteiger partial charge in [-0.15, -0.1) is 0 Å². The minimum absolute atomic E-state index is 0.168. The molecule has 2 N–H and O–H groups in total. The molecule has 0 aromatic heterocycles. The van der Waals surface area contributed by atoms with Gasteiger partial charge in [-0.1, -0.05) is 0 Å². The summed E-state index contributed by atoms with van der Waals surface area (Å²) in [5.41, 5.74) is 0. The van der Waals surface area contributed by atoms with E-state index in [-0.39, 0.29) is 11.7 Å². The molecule has 4 unspecified atom stereocenters. The van der Waals surface area contributed by atoms with Crippen LogP contribution in [0.3, 0.4) is 0 Å². The number of ether oxygens (including phenoxy) is 1. The first-order chi connectivity index (χ1) is 10.1. The fourth-order valence-electron chi connectivity index (χ4n) is 3.52. The van der Waals surface area contributed by atoms with E-state index in [2.05, 4.69) is 15.6 Å². The summed E-state index contributed by atoms with van der Waals surface area (Å²) in [6.45, 7) is 3.42. The van der Waals surface area contributed by atoms with Crippen LogP contribution in [0.1, 0.15) is 32.6 Å². The number of fused-ring (bicyclic) bond motifs is 2. The molecule has 0 aliphatic carbocycles. The number of hydrogen-bond acceptors (Lipinski definition) is 4. The summed E-state index contributed by atoms with van der Waals surface area (Å²) in [6, 6.07) is 0.342. The lowest BCUT2D eigenvalue weighted by molar-refractivity contribution is 0.0992. The number of nitrogens with one attached hydrogen (secondary N) is 2. The Kier molecular flexibility index (Phi) is 4.40. The second-order valence-corrected chi connectivity index (χ2v) is 8.58. The van der Waals surface area contributed by atoms with Crippen LogP contribution in [0, 0.1) is 5.92 Å². The molecule has 21 heavy (non-hydrogen) atoms. The van der Waals surface area contributed by atoms with Gasteiger partial charge in [0.05, 0.1) is 29.8 Å². The quantitative estimate of drug-likeness (QED) is 0.576. The fraction of sp³-hybridized carbons (Fsp3) is 0.929. The summed E-state index contributed by atoms with van der Waals surface area (Å²) < 4.78 is 28.8. The molecular weight excluding hydrogens is 290 g/mol. The summed E-state index contributed by atoms with van der Waals surface area (Å²) >= 11 is 0. The van der Waals surface area contributed by atoms with Crippen LogP contribution in [0.4, 0.5) is 0 Å². The van der Waals surface area contributed by atoms with Gasteiger partial charge in [0.25, 0.3) is 0 Å². The van der Waals surface area contributed by atoms with Gasteiger partial charge in [-0.3, -0.25) is 4.99 Å². The number of rotatable bonds is 4. The number of aliphatic imine (C=N–C) groups is 1. The third-order valence-corrected chi connectivity index (χ3v) is 6.44. The van der Waals surface area contributed by atoms with E-state index in [1.165, 1.54) is 6.42 Å². The van der Waals surface area contributed by atoms with Crippen molar-refractivity contribution in [2.45, 2.75) is 50.9 Å². The maximum absolute atomic E-state index is 11.5. The van der Waals surface area contributed by atoms with Gasteiger partial charge in [0.2, 0.25) is 0 Å². The Bertz CT molecular complexity index is 506. The van der Waals surface area contributed by atoms with Crippen LogP contribution in [-0.4, -0.2) is 57.2 Å². The SMILES string of the molecule is CCNC(=NCC1CCS(=O)(=O)C1)NC1CC2CCC1O2. The highest BCUT2D eigenvalue weighted by Gasteiger charge is 2.41. The third-order valence-electron chi connectivity index (χ3n) is 4.61. The predicted octanol–water partition coefficient (Wildman–Crippen LogP) is 0.296. The van der Waals surface area contributed by atoms with Gasteiger partial charge < -0.3 is 15.4 Å². The average Bonchev–Trinajstić information content (AvgIpc) is 3.11. The van der Waals surface area contributed by atoms with Crippen molar-refractivity contribution >= 4 is 15.8 Å². The topological polar surface area (TPSA) is 79.8 Å². The predicted molar refractivity (Wildman–Crippen MR) is 82.2 cm³/mol. The molecule has 2 bridgehead atoms. The Morgan fingerprint density at radius 2 is 2.19 bits per heavy atom. The summed E-state index contributed by atoms with van der Waals surface area (Å²) in [5, 5.41) is 6.70. The van der Waals surface area contributed by atoms with Crippen LogP contribution in [0.2, 0.25) is 0 Å². The Balaban J connectivity index is 1.55. The molecule has 0 aromatic carbocycles. The highest BCUT2D eigenvalue weighted by atomic mass is 32.2. The molecule has 7 heteroatoms. The molecule has 3 rings (SSSR count). The molecule has 0 spiro atoms. The van der Waals surface area contributed by atoms with E-state index < -0.39 is 9.84 Å². The lowest BCUT2D eigenvalue weighted by Gasteiger charge is -2.22. The van der Waals surface area contributed by atoms with Crippen molar-refractivity contribution in [3.63, 3.8) is 0 Å². The lowest BCUT2D eigenvalue weighted by atomic mass is 9.96. The first kappa shape index (κ1) is 15.1. The van der Waals surface area contributed by atoms with Gasteiger partial charge >= 0.3 is 0 Å². The summed E-state index contributed by atoms with van der Waals surface area (Å²) in [4.78, 5) is 4.58. The lowest BCUT2D eigenvalue weighted by Crippen LogP contribution is -2.47. The molecule has 3 fully saturated rings. The van der Waals surface area contributed by atoms with Gasteiger partial charge in [0.1, 0.15) is 0 Å². The van der Waals surface area contributed by atoms with Gasteiger partial charge in [-0.2, -0.15) is 0 Å². The number of hydrogen-bond donors (Lipinski definition) is 2. The monoisotopic (exact) mass is 315 g/mol. The zero-order valence-corrected chi connectivity index (χ0v) is 13.4. The average molecular weight is 315 g/mol. The summed E-state index contributed by atoms with van der Waals surface area (Å²) in [7, 11) is -2.82. The van der Waals surface area contributed by atoms with E-state index in [0.29, 0.717) is 30.5 Å². The first-order valence-corrected chi connectivity index (χ1v) is 9.78. The fourth-order valence-corrected chi connectivity index (χ4v) is 5.37. The van der Waals surface area contributed by atoms with Crippen LogP contribution in [0.25, 0.3) is 0 Å². The van der Waals surface area contributed by atoms with Crippen molar-refractivity contribution in [2.75, 3.05) is 24.6 Å². The molecule has 4 atom stereocenters. The molecular formula is C14H25N3O3S. The van der Waals surface area contributed by atoms with Gasteiger partial charge in [-0.05, 0) is 38.5 Å². The molecule has 0 amide bonds. The minimum Gasteiger partial charge on any atom is -0.373 e. The van der Waals surface area contributed by atoms with E-state index in [9.17, 15) is 8.42 Å². The highest BCUT2D eigenvalue weighted by Crippen LogP contribution is 2.34. The second kappa shape index (κ2) is 6.12. The summed E-state index contributed by atoms with van der Waals surface area (Å²) in [5.74, 6) is 1.56. The van der Waals surface area contributed by atoms with Crippen molar-refractivity contribution in [3.8, 4) is 0 Å². The van der Waals surface area contributed by atoms with Crippen molar-refractivity contribution < 1.29 is 13.2 Å². The number of guanidine groups is 1. The second-order valence-electron chi connectivity index (χ2n) is 6.35. The highest BCUT2D eigenvalue weighted by molar-refractivity contribution is 7.91. The Labute approximate surface area is 126 Å². The molecule has 6 nitrogen and oxygen atoms in total. The smallest absolute Gasteiger partial charge is 0.191 e. The summed E-state index contributed by atoms with van der Waals surface area (Å²) in [6.07, 6.45) is 4.81. The van der Waals surface area contributed by atoms with Crippen molar-refractivity contribution in [1.29, 1.82) is 0 Å². The maximum atomic E-state index is 11.5. The third kappa shape index (κ3) is 3.69. The molecule has 0 saturated carbocycles. The Hall–Kier alpha value is -0.820. The standard InChI is InChI=1S/C14H25N3O3S/c1-2-15-14(16-8-10-5-6-21(18,19)9-10)17-12-7-11-3-4-13(12)20-11/h10-13H,2-9H2,1H3,(H2,15,16,17). The van der Waals surface area contributed by atoms with Crippen molar-refractivity contribution in [1.82, 2.24) is 10.6 Å². The normalized spacial score (nSPS) is 37.9. The zero-order chi connectivity index (χ0) is 14.9. The van der Waals surface area contributed by atoms with Crippen LogP contribution in [0.5, 0.6) is 0 Å². The number of nitrogens with zero attached hydrogens (tertiary/aromatic N) is 1. The van der Waals surface area contributed by atoms with Crippen LogP contribution in [-0.2, 0) is 14.6 Å². The van der Waals surface area contributed by atoms with Crippen molar-refractivity contribution in [3.05, 3.63) is 0 Å². The Morgan fingerprint density at radius 3 is 2.76 bits per heavy atom.